The van der Waals surface area contributed by atoms with Gasteiger partial charge in [0.1, 0.15) is 5.78 Å². The van der Waals surface area contributed by atoms with Crippen LogP contribution in [0.15, 0.2) is 0 Å². The summed E-state index contributed by atoms with van der Waals surface area (Å²) in [6.07, 6.45) is 1.62. The second-order valence-electron chi connectivity index (χ2n) is 4.89. The number of ketones is 1. The normalized spacial score (nSPS) is 30.6. The van der Waals surface area contributed by atoms with Crippen molar-refractivity contribution in [3.63, 3.8) is 0 Å². The van der Waals surface area contributed by atoms with Crippen LogP contribution in [0.1, 0.15) is 40.5 Å². The minimum Gasteiger partial charge on any atom is -0.376 e. The molecule has 0 aromatic carbocycles. The largest absolute Gasteiger partial charge is 0.376 e. The number of carbonyl (C=O) groups excluding carboxylic acids is 1. The fraction of sp³-hybridized carbons (Fsp3) is 0.909. The first-order chi connectivity index (χ1) is 5.96. The van der Waals surface area contributed by atoms with Crippen molar-refractivity contribution in [3.8, 4) is 0 Å². The van der Waals surface area contributed by atoms with Crippen molar-refractivity contribution in [1.29, 1.82) is 0 Å². The average Bonchev–Trinajstić information content (AvgIpc) is 2.02. The van der Waals surface area contributed by atoms with Crippen LogP contribution in [0.5, 0.6) is 0 Å². The Bertz CT molecular complexity index is 191. The van der Waals surface area contributed by atoms with E-state index in [9.17, 15) is 4.79 Å². The molecule has 2 unspecified atom stereocenters. The van der Waals surface area contributed by atoms with Crippen LogP contribution in [0.3, 0.4) is 0 Å². The zero-order valence-corrected chi connectivity index (χ0v) is 9.09. The molecular formula is C11H20O2. The van der Waals surface area contributed by atoms with Crippen LogP contribution >= 0.6 is 0 Å². The maximum atomic E-state index is 11.6. The molecule has 1 saturated heterocycles. The molecule has 1 aliphatic rings. The summed E-state index contributed by atoms with van der Waals surface area (Å²) in [5, 5.41) is 0. The summed E-state index contributed by atoms with van der Waals surface area (Å²) in [7, 11) is 0. The lowest BCUT2D eigenvalue weighted by atomic mass is 9.76. The SMILES string of the molecule is CCC1C(=O)CCOC1C(C)(C)C. The molecular weight excluding hydrogens is 164 g/mol. The van der Waals surface area contributed by atoms with E-state index in [0.717, 1.165) is 6.42 Å². The number of Topliss-reactive ketones (excluding diaryl/α,β-unsaturated/α-hetero) is 1. The van der Waals surface area contributed by atoms with Crippen LogP contribution in [-0.2, 0) is 9.53 Å². The molecule has 2 nitrogen and oxygen atoms in total. The van der Waals surface area contributed by atoms with Gasteiger partial charge in [-0.05, 0) is 11.8 Å². The van der Waals surface area contributed by atoms with Crippen LogP contribution in [0, 0.1) is 11.3 Å². The summed E-state index contributed by atoms with van der Waals surface area (Å²) >= 11 is 0. The summed E-state index contributed by atoms with van der Waals surface area (Å²) in [6, 6.07) is 0. The van der Waals surface area contributed by atoms with Gasteiger partial charge in [0, 0.05) is 12.3 Å². The van der Waals surface area contributed by atoms with Gasteiger partial charge >= 0.3 is 0 Å². The first-order valence-electron chi connectivity index (χ1n) is 5.11. The van der Waals surface area contributed by atoms with Crippen molar-refractivity contribution in [3.05, 3.63) is 0 Å². The van der Waals surface area contributed by atoms with Crippen LogP contribution in [0.25, 0.3) is 0 Å². The monoisotopic (exact) mass is 184 g/mol. The van der Waals surface area contributed by atoms with Gasteiger partial charge in [-0.2, -0.15) is 0 Å². The van der Waals surface area contributed by atoms with Gasteiger partial charge in [-0.3, -0.25) is 4.79 Å². The minimum atomic E-state index is 0.0801. The first-order valence-corrected chi connectivity index (χ1v) is 5.11. The molecule has 0 aromatic heterocycles. The van der Waals surface area contributed by atoms with Crippen molar-refractivity contribution in [2.24, 2.45) is 11.3 Å². The molecule has 1 rings (SSSR count). The lowest BCUT2D eigenvalue weighted by molar-refractivity contribution is -0.146. The Morgan fingerprint density at radius 2 is 2.08 bits per heavy atom. The van der Waals surface area contributed by atoms with Crippen molar-refractivity contribution in [1.82, 2.24) is 0 Å². The fourth-order valence-electron chi connectivity index (χ4n) is 2.05. The van der Waals surface area contributed by atoms with Gasteiger partial charge in [-0.1, -0.05) is 27.7 Å². The molecule has 76 valence electrons. The molecule has 0 N–H and O–H groups in total. The Balaban J connectivity index is 2.76. The maximum Gasteiger partial charge on any atom is 0.140 e. The molecule has 0 radical (unpaired) electrons. The number of rotatable bonds is 1. The Morgan fingerprint density at radius 1 is 1.46 bits per heavy atom. The van der Waals surface area contributed by atoms with Crippen LogP contribution in [0.2, 0.25) is 0 Å². The summed E-state index contributed by atoms with van der Waals surface area (Å²) in [4.78, 5) is 11.6. The number of hydrogen-bond acceptors (Lipinski definition) is 2. The van der Waals surface area contributed by atoms with Gasteiger partial charge in [0.05, 0.1) is 12.7 Å². The van der Waals surface area contributed by atoms with E-state index >= 15 is 0 Å². The Morgan fingerprint density at radius 3 is 2.46 bits per heavy atom. The molecule has 0 aliphatic carbocycles. The predicted molar refractivity (Wildman–Crippen MR) is 52.6 cm³/mol. The Labute approximate surface area is 80.7 Å². The summed E-state index contributed by atoms with van der Waals surface area (Å²) in [5.74, 6) is 0.502. The van der Waals surface area contributed by atoms with Crippen molar-refractivity contribution in [2.45, 2.75) is 46.6 Å². The van der Waals surface area contributed by atoms with E-state index < -0.39 is 0 Å². The van der Waals surface area contributed by atoms with Crippen molar-refractivity contribution < 1.29 is 9.53 Å². The van der Waals surface area contributed by atoms with E-state index in [1.54, 1.807) is 0 Å². The van der Waals surface area contributed by atoms with Crippen LogP contribution < -0.4 is 0 Å². The molecule has 1 heterocycles. The molecule has 0 amide bonds. The van der Waals surface area contributed by atoms with E-state index in [1.807, 2.05) is 0 Å². The topological polar surface area (TPSA) is 26.3 Å². The zero-order chi connectivity index (χ0) is 10.1. The highest BCUT2D eigenvalue weighted by atomic mass is 16.5. The zero-order valence-electron chi connectivity index (χ0n) is 9.09. The molecule has 0 saturated carbocycles. The predicted octanol–water partition coefficient (Wildman–Crippen LogP) is 2.42. The molecule has 13 heavy (non-hydrogen) atoms. The highest BCUT2D eigenvalue weighted by Gasteiger charge is 2.38. The van der Waals surface area contributed by atoms with Crippen LogP contribution in [-0.4, -0.2) is 18.5 Å². The van der Waals surface area contributed by atoms with E-state index in [0.29, 0.717) is 18.8 Å². The van der Waals surface area contributed by atoms with Crippen molar-refractivity contribution in [2.75, 3.05) is 6.61 Å². The van der Waals surface area contributed by atoms with E-state index in [2.05, 4.69) is 27.7 Å². The first kappa shape index (κ1) is 10.7. The van der Waals surface area contributed by atoms with E-state index in [4.69, 9.17) is 4.74 Å². The lowest BCUT2D eigenvalue weighted by Crippen LogP contribution is -2.44. The summed E-state index contributed by atoms with van der Waals surface area (Å²) < 4.78 is 5.70. The molecule has 2 atom stereocenters. The molecule has 0 aromatic rings. The Kier molecular flexibility index (Phi) is 3.12. The summed E-state index contributed by atoms with van der Waals surface area (Å²) in [6.45, 7) is 9.09. The fourth-order valence-corrected chi connectivity index (χ4v) is 2.05. The second-order valence-corrected chi connectivity index (χ2v) is 4.89. The third-order valence-corrected chi connectivity index (χ3v) is 2.72. The highest BCUT2D eigenvalue weighted by Crippen LogP contribution is 2.33. The molecule has 1 fully saturated rings. The number of hydrogen-bond donors (Lipinski definition) is 0. The van der Waals surface area contributed by atoms with E-state index in [1.165, 1.54) is 0 Å². The van der Waals surface area contributed by atoms with Gasteiger partial charge in [0.2, 0.25) is 0 Å². The lowest BCUT2D eigenvalue weighted by Gasteiger charge is -2.38. The van der Waals surface area contributed by atoms with Gasteiger partial charge in [-0.25, -0.2) is 0 Å². The minimum absolute atomic E-state index is 0.0801. The average molecular weight is 184 g/mol. The van der Waals surface area contributed by atoms with Crippen LogP contribution in [0.4, 0.5) is 0 Å². The molecule has 0 bridgehead atoms. The number of carbonyl (C=O) groups is 1. The quantitative estimate of drug-likeness (QED) is 0.625. The highest BCUT2D eigenvalue weighted by molar-refractivity contribution is 5.82. The number of ether oxygens (including phenoxy) is 1. The van der Waals surface area contributed by atoms with E-state index in [-0.39, 0.29) is 17.4 Å². The van der Waals surface area contributed by atoms with Gasteiger partial charge in [-0.15, -0.1) is 0 Å². The van der Waals surface area contributed by atoms with Gasteiger partial charge in [0.15, 0.2) is 0 Å². The maximum absolute atomic E-state index is 11.6. The molecule has 1 aliphatic heterocycles. The Hall–Kier alpha value is -0.370. The molecule has 2 heteroatoms. The standard InChI is InChI=1S/C11H20O2/c1-5-8-9(12)6-7-13-10(8)11(2,3)4/h8,10H,5-7H2,1-4H3. The third kappa shape index (κ3) is 2.31. The second kappa shape index (κ2) is 3.79. The smallest absolute Gasteiger partial charge is 0.140 e. The summed E-state index contributed by atoms with van der Waals surface area (Å²) in [5.41, 5.74) is 0.0801. The third-order valence-electron chi connectivity index (χ3n) is 2.72. The van der Waals surface area contributed by atoms with Gasteiger partial charge in [0.25, 0.3) is 0 Å². The van der Waals surface area contributed by atoms with Gasteiger partial charge < -0.3 is 4.74 Å². The molecule has 0 spiro atoms. The van der Waals surface area contributed by atoms with Crippen molar-refractivity contribution >= 4 is 5.78 Å².